The number of pyridine rings is 1. The molecular formula is C14H12N2O3. The van der Waals surface area contributed by atoms with Gasteiger partial charge in [-0.25, -0.2) is 0 Å². The van der Waals surface area contributed by atoms with Gasteiger partial charge in [-0.15, -0.1) is 11.2 Å². The number of fused-ring (bicyclic) bond motifs is 1. The molecule has 0 unspecified atom stereocenters. The molecule has 5 nitrogen and oxygen atoms in total. The van der Waals surface area contributed by atoms with Crippen molar-refractivity contribution in [1.82, 2.24) is 10.0 Å². The highest BCUT2D eigenvalue weighted by molar-refractivity contribution is 5.96. The molecule has 0 radical (unpaired) electrons. The molecule has 5 heteroatoms. The predicted octanol–water partition coefficient (Wildman–Crippen LogP) is 0.423. The van der Waals surface area contributed by atoms with E-state index in [-0.39, 0.29) is 17.8 Å². The highest BCUT2D eigenvalue weighted by Gasteiger charge is 2.15. The van der Waals surface area contributed by atoms with Gasteiger partial charge >= 0.3 is 0 Å². The van der Waals surface area contributed by atoms with E-state index in [1.165, 1.54) is 7.11 Å². The van der Waals surface area contributed by atoms with E-state index >= 15 is 0 Å². The number of hydrogen-bond acceptors (Lipinski definition) is 3. The Labute approximate surface area is 109 Å². The van der Waals surface area contributed by atoms with Crippen molar-refractivity contribution in [2.75, 3.05) is 13.7 Å². The minimum atomic E-state index is -0.456. The number of carbonyl (C=O) groups excluding carboxylic acids is 1. The van der Waals surface area contributed by atoms with Gasteiger partial charge in [0.25, 0.3) is 11.5 Å². The van der Waals surface area contributed by atoms with Crippen molar-refractivity contribution in [2.45, 2.75) is 0 Å². The van der Waals surface area contributed by atoms with Crippen molar-refractivity contribution < 1.29 is 9.63 Å². The number of carbonyl (C=O) groups is 1. The first-order valence-electron chi connectivity index (χ1n) is 5.60. The van der Waals surface area contributed by atoms with E-state index < -0.39 is 5.91 Å². The second-order valence-corrected chi connectivity index (χ2v) is 3.79. The molecule has 1 aromatic heterocycles. The molecule has 2 aromatic rings. The lowest BCUT2D eigenvalue weighted by atomic mass is 10.1. The third-order valence-corrected chi connectivity index (χ3v) is 2.65. The number of nitrogens with one attached hydrogen (secondary N) is 1. The molecule has 0 bridgehead atoms. The predicted molar refractivity (Wildman–Crippen MR) is 71.9 cm³/mol. The molecule has 0 aliphatic heterocycles. The highest BCUT2D eigenvalue weighted by atomic mass is 16.6. The van der Waals surface area contributed by atoms with Crippen LogP contribution in [0.1, 0.15) is 10.5 Å². The van der Waals surface area contributed by atoms with Crippen molar-refractivity contribution in [3.8, 4) is 12.3 Å². The minimum Gasteiger partial charge on any atom is -0.413 e. The standard InChI is InChI=1S/C14H12N2O3/c1-3-8-15-13(17)12-9-10-6-4-5-7-11(10)14(18)16(12)19-2/h1,4-7,9H,8H2,2H3,(H,15,17). The number of hydrogen-bond donors (Lipinski definition) is 1. The Morgan fingerprint density at radius 2 is 2.21 bits per heavy atom. The quantitative estimate of drug-likeness (QED) is 0.810. The summed E-state index contributed by atoms with van der Waals surface area (Å²) < 4.78 is 0.953. The van der Waals surface area contributed by atoms with Crippen LogP contribution in [0.15, 0.2) is 35.1 Å². The van der Waals surface area contributed by atoms with Gasteiger partial charge in [0.05, 0.1) is 11.9 Å². The van der Waals surface area contributed by atoms with Gasteiger partial charge in [0, 0.05) is 0 Å². The van der Waals surface area contributed by atoms with Gasteiger partial charge in [-0.05, 0) is 17.5 Å². The first-order chi connectivity index (χ1) is 9.19. The van der Waals surface area contributed by atoms with Crippen LogP contribution in [0.25, 0.3) is 10.8 Å². The molecule has 1 aromatic carbocycles. The second-order valence-electron chi connectivity index (χ2n) is 3.79. The van der Waals surface area contributed by atoms with Crippen molar-refractivity contribution >= 4 is 16.7 Å². The van der Waals surface area contributed by atoms with Crippen LogP contribution in [0.3, 0.4) is 0 Å². The maximum atomic E-state index is 12.2. The average molecular weight is 256 g/mol. The molecule has 0 spiro atoms. The molecule has 0 saturated heterocycles. The van der Waals surface area contributed by atoms with Crippen LogP contribution in [0.4, 0.5) is 0 Å². The number of amides is 1. The summed E-state index contributed by atoms with van der Waals surface area (Å²) in [5, 5.41) is 3.66. The van der Waals surface area contributed by atoms with Crippen molar-refractivity contribution in [3.05, 3.63) is 46.4 Å². The number of terminal acetylenes is 1. The molecule has 1 amide bonds. The van der Waals surface area contributed by atoms with E-state index in [2.05, 4.69) is 11.2 Å². The lowest BCUT2D eigenvalue weighted by Crippen LogP contribution is -2.35. The molecule has 1 N–H and O–H groups in total. The van der Waals surface area contributed by atoms with Crippen LogP contribution in [0, 0.1) is 12.3 Å². The SMILES string of the molecule is C#CCNC(=O)c1cc2ccccc2c(=O)n1OC. The van der Waals surface area contributed by atoms with E-state index in [1.807, 2.05) is 0 Å². The fourth-order valence-electron chi connectivity index (χ4n) is 1.80. The zero-order valence-corrected chi connectivity index (χ0v) is 10.3. The highest BCUT2D eigenvalue weighted by Crippen LogP contribution is 2.11. The summed E-state index contributed by atoms with van der Waals surface area (Å²) in [5.74, 6) is 1.84. The van der Waals surface area contributed by atoms with Crippen LogP contribution in [-0.4, -0.2) is 24.3 Å². The Hall–Kier alpha value is -2.74. The molecular weight excluding hydrogens is 244 g/mol. The monoisotopic (exact) mass is 256 g/mol. The summed E-state index contributed by atoms with van der Waals surface area (Å²) in [7, 11) is 1.33. The number of rotatable bonds is 3. The molecule has 0 saturated carbocycles. The zero-order chi connectivity index (χ0) is 13.8. The van der Waals surface area contributed by atoms with Crippen LogP contribution in [0.2, 0.25) is 0 Å². The normalized spacial score (nSPS) is 9.89. The minimum absolute atomic E-state index is 0.0869. The topological polar surface area (TPSA) is 60.3 Å². The average Bonchev–Trinajstić information content (AvgIpc) is 2.44. The smallest absolute Gasteiger partial charge is 0.291 e. The van der Waals surface area contributed by atoms with Gasteiger partial charge in [0.1, 0.15) is 12.8 Å². The molecule has 2 rings (SSSR count). The molecule has 1 heterocycles. The first kappa shape index (κ1) is 12.7. The zero-order valence-electron chi connectivity index (χ0n) is 10.3. The van der Waals surface area contributed by atoms with Crippen molar-refractivity contribution in [3.63, 3.8) is 0 Å². The van der Waals surface area contributed by atoms with E-state index in [4.69, 9.17) is 11.3 Å². The van der Waals surface area contributed by atoms with Gasteiger partial charge in [0.15, 0.2) is 0 Å². The summed E-state index contributed by atoms with van der Waals surface area (Å²) in [6.45, 7) is 0.0869. The Balaban J connectivity index is 2.64. The molecule has 0 fully saturated rings. The summed E-state index contributed by atoms with van der Waals surface area (Å²) in [4.78, 5) is 29.1. The van der Waals surface area contributed by atoms with Crippen LogP contribution >= 0.6 is 0 Å². The molecule has 19 heavy (non-hydrogen) atoms. The Kier molecular flexibility index (Phi) is 3.53. The van der Waals surface area contributed by atoms with E-state index in [0.717, 1.165) is 4.73 Å². The third kappa shape index (κ3) is 2.29. The fraction of sp³-hybridized carbons (Fsp3) is 0.143. The van der Waals surface area contributed by atoms with Gasteiger partial charge in [-0.3, -0.25) is 9.59 Å². The maximum absolute atomic E-state index is 12.2. The largest absolute Gasteiger partial charge is 0.413 e. The molecule has 0 aliphatic rings. The lowest BCUT2D eigenvalue weighted by molar-refractivity contribution is 0.0889. The Bertz CT molecular complexity index is 726. The summed E-state index contributed by atoms with van der Waals surface area (Å²) in [6.07, 6.45) is 5.08. The fourth-order valence-corrected chi connectivity index (χ4v) is 1.80. The number of benzene rings is 1. The Morgan fingerprint density at radius 3 is 2.89 bits per heavy atom. The molecule has 0 aliphatic carbocycles. The van der Waals surface area contributed by atoms with Gasteiger partial charge in [0.2, 0.25) is 0 Å². The lowest BCUT2D eigenvalue weighted by Gasteiger charge is -2.11. The first-order valence-corrected chi connectivity index (χ1v) is 5.60. The van der Waals surface area contributed by atoms with Crippen molar-refractivity contribution in [1.29, 1.82) is 0 Å². The van der Waals surface area contributed by atoms with Crippen LogP contribution in [0.5, 0.6) is 0 Å². The van der Waals surface area contributed by atoms with E-state index in [1.54, 1.807) is 30.3 Å². The van der Waals surface area contributed by atoms with Gasteiger partial charge in [-0.2, -0.15) is 0 Å². The summed E-state index contributed by atoms with van der Waals surface area (Å²) in [6, 6.07) is 8.57. The molecule has 0 atom stereocenters. The Morgan fingerprint density at radius 1 is 1.47 bits per heavy atom. The van der Waals surface area contributed by atoms with Crippen molar-refractivity contribution in [2.24, 2.45) is 0 Å². The van der Waals surface area contributed by atoms with Gasteiger partial charge in [-0.1, -0.05) is 24.1 Å². The molecule has 96 valence electrons. The summed E-state index contributed by atoms with van der Waals surface area (Å²) in [5.41, 5.74) is -0.270. The number of nitrogens with zero attached hydrogens (tertiary/aromatic N) is 1. The van der Waals surface area contributed by atoms with Crippen LogP contribution < -0.4 is 15.7 Å². The van der Waals surface area contributed by atoms with E-state index in [9.17, 15) is 9.59 Å². The third-order valence-electron chi connectivity index (χ3n) is 2.65. The van der Waals surface area contributed by atoms with E-state index in [0.29, 0.717) is 10.8 Å². The maximum Gasteiger partial charge on any atom is 0.291 e. The number of aromatic nitrogens is 1. The van der Waals surface area contributed by atoms with Gasteiger partial charge < -0.3 is 10.2 Å². The summed E-state index contributed by atoms with van der Waals surface area (Å²) >= 11 is 0. The van der Waals surface area contributed by atoms with Crippen LogP contribution in [-0.2, 0) is 0 Å². The second kappa shape index (κ2) is 5.27.